The number of nitrogens with zero attached hydrogens (tertiary/aromatic N) is 3. The quantitative estimate of drug-likeness (QED) is 0.867. The molecular weight excluding hydrogens is 346 g/mol. The van der Waals surface area contributed by atoms with Crippen LogP contribution < -0.4 is 10.6 Å². The van der Waals surface area contributed by atoms with Gasteiger partial charge >= 0.3 is 6.03 Å². The summed E-state index contributed by atoms with van der Waals surface area (Å²) in [4.78, 5) is 26.2. The largest absolute Gasteiger partial charge is 0.343 e. The highest BCUT2D eigenvalue weighted by atomic mass is 16.5. The molecule has 2 N–H and O–H groups in total. The van der Waals surface area contributed by atoms with Gasteiger partial charge in [0.2, 0.25) is 0 Å². The first-order valence-corrected chi connectivity index (χ1v) is 9.25. The minimum absolute atomic E-state index is 0.0538. The first-order valence-electron chi connectivity index (χ1n) is 9.25. The minimum atomic E-state index is -0.622. The molecule has 2 saturated heterocycles. The fraction of sp³-hybridized carbons (Fsp3) is 0.421. The second kappa shape index (κ2) is 7.03. The van der Waals surface area contributed by atoms with E-state index in [0.717, 1.165) is 5.69 Å². The van der Waals surface area contributed by atoms with Crippen molar-refractivity contribution >= 4 is 17.8 Å². The van der Waals surface area contributed by atoms with E-state index in [2.05, 4.69) is 15.7 Å². The summed E-state index contributed by atoms with van der Waals surface area (Å²) in [5, 5.41) is 10.2. The SMILES string of the molecule is CCC1OC2(CCN(C(=O)Nc3ccn(-c4ccccc4)n3)CC2)NC1=O. The molecule has 2 aromatic rings. The number of carbonyl (C=O) groups is 2. The summed E-state index contributed by atoms with van der Waals surface area (Å²) in [5.41, 5.74) is 0.307. The van der Waals surface area contributed by atoms with Gasteiger partial charge in [0.15, 0.2) is 5.82 Å². The Labute approximate surface area is 157 Å². The van der Waals surface area contributed by atoms with E-state index in [-0.39, 0.29) is 18.0 Å². The van der Waals surface area contributed by atoms with Crippen molar-refractivity contribution in [2.24, 2.45) is 0 Å². The second-order valence-corrected chi connectivity index (χ2v) is 6.90. The third kappa shape index (κ3) is 3.52. The Bertz CT molecular complexity index is 827. The fourth-order valence-electron chi connectivity index (χ4n) is 3.55. The molecule has 1 unspecified atom stereocenters. The molecule has 27 heavy (non-hydrogen) atoms. The number of para-hydroxylation sites is 1. The molecule has 142 valence electrons. The number of anilines is 1. The van der Waals surface area contributed by atoms with Gasteiger partial charge in [-0.05, 0) is 18.6 Å². The zero-order valence-electron chi connectivity index (χ0n) is 15.2. The average molecular weight is 369 g/mol. The van der Waals surface area contributed by atoms with E-state index in [1.165, 1.54) is 0 Å². The highest BCUT2D eigenvalue weighted by Crippen LogP contribution is 2.30. The first-order chi connectivity index (χ1) is 13.1. The molecular formula is C19H23N5O3. The standard InChI is InChI=1S/C19H23N5O3/c1-2-15-17(25)21-19(27-15)9-12-23(13-10-19)18(26)20-16-8-11-24(22-16)14-6-4-3-5-7-14/h3-8,11,15H,2,9-10,12-13H2,1H3,(H,21,25)(H,20,22,26). The lowest BCUT2D eigenvalue weighted by Crippen LogP contribution is -2.53. The van der Waals surface area contributed by atoms with E-state index in [9.17, 15) is 9.59 Å². The molecule has 2 aliphatic heterocycles. The van der Waals surface area contributed by atoms with Crippen LogP contribution in [0, 0.1) is 0 Å². The molecule has 4 rings (SSSR count). The first kappa shape index (κ1) is 17.5. The summed E-state index contributed by atoms with van der Waals surface area (Å²) in [6.07, 6.45) is 3.25. The van der Waals surface area contributed by atoms with Gasteiger partial charge in [-0.3, -0.25) is 10.1 Å². The number of carbonyl (C=O) groups excluding carboxylic acids is 2. The predicted molar refractivity (Wildman–Crippen MR) is 99.4 cm³/mol. The molecule has 8 heteroatoms. The number of ether oxygens (including phenoxy) is 1. The summed E-state index contributed by atoms with van der Waals surface area (Å²) < 4.78 is 7.63. The van der Waals surface area contributed by atoms with Crippen LogP contribution in [0.15, 0.2) is 42.6 Å². The highest BCUT2D eigenvalue weighted by Gasteiger charge is 2.46. The van der Waals surface area contributed by atoms with E-state index in [4.69, 9.17) is 4.74 Å². The van der Waals surface area contributed by atoms with E-state index in [0.29, 0.717) is 38.2 Å². The van der Waals surface area contributed by atoms with Crippen LogP contribution in [0.2, 0.25) is 0 Å². The Morgan fingerprint density at radius 1 is 1.30 bits per heavy atom. The van der Waals surface area contributed by atoms with E-state index < -0.39 is 5.72 Å². The van der Waals surface area contributed by atoms with Gasteiger partial charge in [-0.15, -0.1) is 5.10 Å². The molecule has 1 atom stereocenters. The van der Waals surface area contributed by atoms with E-state index in [1.54, 1.807) is 15.6 Å². The van der Waals surface area contributed by atoms with Crippen LogP contribution in [-0.4, -0.2) is 51.5 Å². The highest BCUT2D eigenvalue weighted by molar-refractivity contribution is 5.88. The molecule has 0 radical (unpaired) electrons. The molecule has 1 spiro atoms. The molecule has 8 nitrogen and oxygen atoms in total. The van der Waals surface area contributed by atoms with Crippen LogP contribution in [0.5, 0.6) is 0 Å². The zero-order chi connectivity index (χ0) is 18.9. The Morgan fingerprint density at radius 3 is 2.70 bits per heavy atom. The number of aromatic nitrogens is 2. The van der Waals surface area contributed by atoms with Crippen LogP contribution in [0.25, 0.3) is 5.69 Å². The van der Waals surface area contributed by atoms with Crippen LogP contribution in [0.1, 0.15) is 26.2 Å². The molecule has 2 aliphatic rings. The molecule has 0 bridgehead atoms. The number of piperidine rings is 1. The van der Waals surface area contributed by atoms with Crippen LogP contribution in [0.4, 0.5) is 10.6 Å². The van der Waals surface area contributed by atoms with Gasteiger partial charge in [0.1, 0.15) is 11.8 Å². The number of urea groups is 1. The van der Waals surface area contributed by atoms with Crippen LogP contribution >= 0.6 is 0 Å². The van der Waals surface area contributed by atoms with Gasteiger partial charge in [0.25, 0.3) is 5.91 Å². The molecule has 0 aliphatic carbocycles. The van der Waals surface area contributed by atoms with Crippen molar-refractivity contribution in [3.63, 3.8) is 0 Å². The van der Waals surface area contributed by atoms with E-state index in [1.807, 2.05) is 43.5 Å². The smallest absolute Gasteiger partial charge is 0.323 e. The van der Waals surface area contributed by atoms with Crippen LogP contribution in [0.3, 0.4) is 0 Å². The molecule has 1 aromatic carbocycles. The second-order valence-electron chi connectivity index (χ2n) is 6.90. The zero-order valence-corrected chi connectivity index (χ0v) is 15.2. The Kier molecular flexibility index (Phi) is 4.57. The minimum Gasteiger partial charge on any atom is -0.343 e. The van der Waals surface area contributed by atoms with Gasteiger partial charge in [0, 0.05) is 38.2 Å². The number of amides is 3. The van der Waals surface area contributed by atoms with Gasteiger partial charge < -0.3 is 15.0 Å². The number of nitrogens with one attached hydrogen (secondary N) is 2. The van der Waals surface area contributed by atoms with Gasteiger partial charge in [-0.2, -0.15) is 0 Å². The topological polar surface area (TPSA) is 88.5 Å². The Balaban J connectivity index is 1.34. The van der Waals surface area contributed by atoms with Gasteiger partial charge in [-0.25, -0.2) is 9.48 Å². The number of likely N-dealkylation sites (tertiary alicyclic amines) is 1. The van der Waals surface area contributed by atoms with Crippen molar-refractivity contribution in [2.45, 2.75) is 38.0 Å². The third-order valence-electron chi connectivity index (χ3n) is 5.09. The number of hydrogen-bond donors (Lipinski definition) is 2. The lowest BCUT2D eigenvalue weighted by atomic mass is 10.0. The van der Waals surface area contributed by atoms with Crippen molar-refractivity contribution in [1.82, 2.24) is 20.0 Å². The number of benzene rings is 1. The normalized spacial score (nSPS) is 21.3. The monoisotopic (exact) mass is 369 g/mol. The Morgan fingerprint density at radius 2 is 2.04 bits per heavy atom. The van der Waals surface area contributed by atoms with Crippen molar-refractivity contribution < 1.29 is 14.3 Å². The third-order valence-corrected chi connectivity index (χ3v) is 5.09. The van der Waals surface area contributed by atoms with Gasteiger partial charge in [0.05, 0.1) is 5.69 Å². The fourth-order valence-corrected chi connectivity index (χ4v) is 3.55. The lowest BCUT2D eigenvalue weighted by molar-refractivity contribution is -0.124. The van der Waals surface area contributed by atoms with E-state index >= 15 is 0 Å². The summed E-state index contributed by atoms with van der Waals surface area (Å²) in [5.74, 6) is 0.447. The number of rotatable bonds is 3. The maximum atomic E-state index is 12.5. The average Bonchev–Trinajstić information content (AvgIpc) is 3.27. The summed E-state index contributed by atoms with van der Waals surface area (Å²) in [7, 11) is 0. The maximum Gasteiger partial charge on any atom is 0.323 e. The van der Waals surface area contributed by atoms with Crippen molar-refractivity contribution in [2.75, 3.05) is 18.4 Å². The Hall–Kier alpha value is -2.87. The maximum absolute atomic E-state index is 12.5. The lowest BCUT2D eigenvalue weighted by Gasteiger charge is -2.38. The molecule has 3 amide bonds. The van der Waals surface area contributed by atoms with Crippen LogP contribution in [-0.2, 0) is 9.53 Å². The summed E-state index contributed by atoms with van der Waals surface area (Å²) in [6, 6.07) is 11.3. The van der Waals surface area contributed by atoms with Crippen molar-refractivity contribution in [3.05, 3.63) is 42.6 Å². The van der Waals surface area contributed by atoms with Crippen molar-refractivity contribution in [3.8, 4) is 5.69 Å². The molecule has 1 aromatic heterocycles. The molecule has 0 saturated carbocycles. The molecule has 2 fully saturated rings. The van der Waals surface area contributed by atoms with Gasteiger partial charge in [-0.1, -0.05) is 25.1 Å². The summed E-state index contributed by atoms with van der Waals surface area (Å²) >= 11 is 0. The van der Waals surface area contributed by atoms with Crippen molar-refractivity contribution in [1.29, 1.82) is 0 Å². The molecule has 3 heterocycles. The number of hydrogen-bond acceptors (Lipinski definition) is 4. The predicted octanol–water partition coefficient (Wildman–Crippen LogP) is 2.12. The summed E-state index contributed by atoms with van der Waals surface area (Å²) in [6.45, 7) is 2.96.